The first-order chi connectivity index (χ1) is 15.6. The number of ether oxygens (including phenoxy) is 2. The zero-order valence-electron chi connectivity index (χ0n) is 18.6. The molecular formula is C21H28ClN5O6. The third-order valence-electron chi connectivity index (χ3n) is 4.58. The molecule has 1 aromatic carbocycles. The highest BCUT2D eigenvalue weighted by Gasteiger charge is 2.26. The van der Waals surface area contributed by atoms with E-state index in [4.69, 9.17) is 26.8 Å². The Morgan fingerprint density at radius 3 is 2.58 bits per heavy atom. The number of aromatic nitrogens is 1. The number of hydrogen-bond acceptors (Lipinski definition) is 6. The number of nitrogens with zero attached hydrogens (tertiary/aromatic N) is 1. The molecular weight excluding hydrogens is 454 g/mol. The summed E-state index contributed by atoms with van der Waals surface area (Å²) >= 11 is 5.58. The lowest BCUT2D eigenvalue weighted by molar-refractivity contribution is -0.141. The second kappa shape index (κ2) is 12.0. The van der Waals surface area contributed by atoms with Crippen molar-refractivity contribution < 1.29 is 28.7 Å². The fourth-order valence-corrected chi connectivity index (χ4v) is 3.20. The molecule has 0 bridgehead atoms. The maximum atomic E-state index is 12.8. The molecule has 11 nitrogen and oxygen atoms in total. The Balaban J connectivity index is 2.10. The Morgan fingerprint density at radius 1 is 1.24 bits per heavy atom. The zero-order chi connectivity index (χ0) is 24.5. The number of nitrogens with two attached hydrogens (primary N) is 1. The average Bonchev–Trinajstić information content (AvgIpc) is 3.17. The molecule has 1 heterocycles. The van der Waals surface area contributed by atoms with Crippen molar-refractivity contribution in [3.8, 4) is 11.6 Å². The molecule has 180 valence electrons. The second-order valence-electron chi connectivity index (χ2n) is 7.64. The normalized spacial score (nSPS) is 11.7. The van der Waals surface area contributed by atoms with Crippen molar-refractivity contribution in [2.24, 2.45) is 11.7 Å². The number of carbonyl (C=O) groups excluding carboxylic acids is 4. The number of primary amides is 1. The van der Waals surface area contributed by atoms with Crippen molar-refractivity contribution >= 4 is 46.3 Å². The predicted octanol–water partition coefficient (Wildman–Crippen LogP) is 1.65. The van der Waals surface area contributed by atoms with E-state index in [1.807, 2.05) is 13.8 Å². The van der Waals surface area contributed by atoms with Crippen LogP contribution in [0.5, 0.6) is 11.6 Å². The van der Waals surface area contributed by atoms with Crippen LogP contribution in [-0.4, -0.2) is 59.4 Å². The van der Waals surface area contributed by atoms with E-state index >= 15 is 0 Å². The molecule has 12 heteroatoms. The maximum absolute atomic E-state index is 12.8. The van der Waals surface area contributed by atoms with E-state index in [0.29, 0.717) is 11.3 Å². The molecule has 0 aliphatic carbocycles. The second-order valence-corrected chi connectivity index (χ2v) is 7.91. The highest BCUT2D eigenvalue weighted by Crippen LogP contribution is 2.28. The fourth-order valence-electron chi connectivity index (χ4n) is 3.06. The Labute approximate surface area is 195 Å². The molecule has 1 atom stereocenters. The SMILES string of the molecule is COc1cccc2[nH]c(OC(=O)N[C@@H](CC(C)C)C(=O)NN(CCC(N)=O)C(=O)CCl)cc12. The number of H-pyrrole nitrogens is 1. The van der Waals surface area contributed by atoms with Crippen molar-refractivity contribution in [2.75, 3.05) is 19.5 Å². The molecule has 0 radical (unpaired) electrons. The van der Waals surface area contributed by atoms with Crippen LogP contribution in [0.4, 0.5) is 4.79 Å². The van der Waals surface area contributed by atoms with Gasteiger partial charge in [-0.1, -0.05) is 19.9 Å². The lowest BCUT2D eigenvalue weighted by Crippen LogP contribution is -2.55. The van der Waals surface area contributed by atoms with Gasteiger partial charge in [0.05, 0.1) is 19.2 Å². The van der Waals surface area contributed by atoms with Gasteiger partial charge >= 0.3 is 6.09 Å². The lowest BCUT2D eigenvalue weighted by Gasteiger charge is -2.26. The number of hydrazine groups is 1. The fraction of sp³-hybridized carbons (Fsp3) is 0.429. The third kappa shape index (κ3) is 7.56. The van der Waals surface area contributed by atoms with E-state index in [-0.39, 0.29) is 31.2 Å². The summed E-state index contributed by atoms with van der Waals surface area (Å²) in [6, 6.07) is 5.95. The summed E-state index contributed by atoms with van der Waals surface area (Å²) in [5, 5.41) is 4.14. The molecule has 2 aromatic rings. The summed E-state index contributed by atoms with van der Waals surface area (Å²) in [6.45, 7) is 3.58. The summed E-state index contributed by atoms with van der Waals surface area (Å²) in [7, 11) is 1.53. The first-order valence-electron chi connectivity index (χ1n) is 10.2. The molecule has 0 aliphatic heterocycles. The predicted molar refractivity (Wildman–Crippen MR) is 122 cm³/mol. The Hall–Kier alpha value is -3.47. The minimum Gasteiger partial charge on any atom is -0.496 e. The zero-order valence-corrected chi connectivity index (χ0v) is 19.4. The molecule has 2 rings (SSSR count). The first-order valence-corrected chi connectivity index (χ1v) is 10.8. The summed E-state index contributed by atoms with van der Waals surface area (Å²) in [6.07, 6.45) is -0.772. The van der Waals surface area contributed by atoms with Crippen LogP contribution in [0.2, 0.25) is 0 Å². The number of aromatic amines is 1. The minimum atomic E-state index is -1.02. The van der Waals surface area contributed by atoms with E-state index < -0.39 is 35.7 Å². The van der Waals surface area contributed by atoms with E-state index in [0.717, 1.165) is 10.4 Å². The summed E-state index contributed by atoms with van der Waals surface area (Å²) in [5.41, 5.74) is 8.22. The number of benzene rings is 1. The number of halogens is 1. The molecule has 0 saturated carbocycles. The summed E-state index contributed by atoms with van der Waals surface area (Å²) in [4.78, 5) is 51.3. The van der Waals surface area contributed by atoms with Crippen LogP contribution in [0.3, 0.4) is 0 Å². The van der Waals surface area contributed by atoms with Crippen LogP contribution in [-0.2, 0) is 14.4 Å². The number of methoxy groups -OCH3 is 1. The molecule has 1 aromatic heterocycles. The van der Waals surface area contributed by atoms with Crippen molar-refractivity contribution in [2.45, 2.75) is 32.7 Å². The molecule has 0 unspecified atom stereocenters. The number of carbonyl (C=O) groups is 4. The standard InChI is InChI=1S/C21H28ClN5O6/c1-12(2)9-15(20(30)26-27(19(29)11-22)8-7-17(23)28)25-21(31)33-18-10-13-14(24-18)5-4-6-16(13)32-3/h4-6,10,12,15,24H,7-9,11H2,1-3H3,(H2,23,28)(H,25,31)(H,26,30)/t15-/m0/s1. The van der Waals surface area contributed by atoms with Crippen molar-refractivity contribution in [3.63, 3.8) is 0 Å². The Kier molecular flexibility index (Phi) is 9.34. The van der Waals surface area contributed by atoms with Gasteiger partial charge in [0.25, 0.3) is 11.8 Å². The Bertz CT molecular complexity index is 1010. The third-order valence-corrected chi connectivity index (χ3v) is 4.81. The number of amides is 4. The van der Waals surface area contributed by atoms with Gasteiger partial charge in [0.2, 0.25) is 11.8 Å². The molecule has 0 fully saturated rings. The molecule has 0 aliphatic rings. The molecule has 0 saturated heterocycles. The molecule has 4 amide bonds. The minimum absolute atomic E-state index is 0.0289. The number of nitrogens with one attached hydrogen (secondary N) is 3. The smallest absolute Gasteiger partial charge is 0.414 e. The number of fused-ring (bicyclic) bond motifs is 1. The highest BCUT2D eigenvalue weighted by atomic mass is 35.5. The molecule has 5 N–H and O–H groups in total. The van der Waals surface area contributed by atoms with Gasteiger partial charge in [-0.3, -0.25) is 24.8 Å². The maximum Gasteiger partial charge on any atom is 0.414 e. The van der Waals surface area contributed by atoms with Gasteiger partial charge in [-0.05, 0) is 24.5 Å². The van der Waals surface area contributed by atoms with Crippen LogP contribution in [0, 0.1) is 5.92 Å². The van der Waals surface area contributed by atoms with Gasteiger partial charge in [0.15, 0.2) is 0 Å². The topological polar surface area (TPSA) is 156 Å². The highest BCUT2D eigenvalue weighted by molar-refractivity contribution is 6.27. The molecule has 0 spiro atoms. The van der Waals surface area contributed by atoms with Crippen LogP contribution in [0.15, 0.2) is 24.3 Å². The van der Waals surface area contributed by atoms with E-state index in [1.165, 1.54) is 7.11 Å². The largest absolute Gasteiger partial charge is 0.496 e. The van der Waals surface area contributed by atoms with Crippen LogP contribution >= 0.6 is 11.6 Å². The van der Waals surface area contributed by atoms with Crippen LogP contribution in [0.1, 0.15) is 26.7 Å². The van der Waals surface area contributed by atoms with Crippen molar-refractivity contribution in [1.82, 2.24) is 20.7 Å². The van der Waals surface area contributed by atoms with Gasteiger partial charge in [-0.2, -0.15) is 0 Å². The quantitative estimate of drug-likeness (QED) is 0.298. The van der Waals surface area contributed by atoms with Gasteiger partial charge in [-0.25, -0.2) is 4.79 Å². The molecule has 33 heavy (non-hydrogen) atoms. The van der Waals surface area contributed by atoms with Crippen molar-refractivity contribution in [3.05, 3.63) is 24.3 Å². The van der Waals surface area contributed by atoms with Crippen molar-refractivity contribution in [1.29, 1.82) is 0 Å². The van der Waals surface area contributed by atoms with Crippen LogP contribution < -0.4 is 25.9 Å². The van der Waals surface area contributed by atoms with E-state index in [9.17, 15) is 19.2 Å². The van der Waals surface area contributed by atoms with Gasteiger partial charge in [-0.15, -0.1) is 11.6 Å². The first kappa shape index (κ1) is 25.8. The van der Waals surface area contributed by atoms with E-state index in [2.05, 4.69) is 15.7 Å². The number of hydrogen-bond donors (Lipinski definition) is 4. The van der Waals surface area contributed by atoms with Crippen LogP contribution in [0.25, 0.3) is 10.9 Å². The number of rotatable bonds is 10. The van der Waals surface area contributed by atoms with Gasteiger partial charge in [0, 0.05) is 17.9 Å². The Morgan fingerprint density at radius 2 is 1.97 bits per heavy atom. The van der Waals surface area contributed by atoms with Gasteiger partial charge < -0.3 is 25.5 Å². The summed E-state index contributed by atoms with van der Waals surface area (Å²) < 4.78 is 10.6. The van der Waals surface area contributed by atoms with Gasteiger partial charge in [0.1, 0.15) is 17.7 Å². The average molecular weight is 482 g/mol. The van der Waals surface area contributed by atoms with E-state index in [1.54, 1.807) is 24.3 Å². The lowest BCUT2D eigenvalue weighted by atomic mass is 10.0. The monoisotopic (exact) mass is 481 g/mol. The number of alkyl halides is 1. The summed E-state index contributed by atoms with van der Waals surface area (Å²) in [5.74, 6) is -1.54.